The van der Waals surface area contributed by atoms with Gasteiger partial charge in [-0.1, -0.05) is 118 Å². The van der Waals surface area contributed by atoms with Gasteiger partial charge in [-0.3, -0.25) is 19.2 Å². The standard InChI is InChI=1S/C42H52N10O4/c1-39(2,3)35(53)43-27-17-13-15-19-33(27)51-23-31(47-49-51)25-21-26(30(46-38(56)42(10,11)12)22-29(25)45-37(55)41(7,8)9)32-24-52(50-48-32)34-20-16-14-18-28(34)44-36(54)40(4,5)6/h13-24H,1-12H3,(H,43,53)(H,44,54)(H,45,55)(H,46,56). The van der Waals surface area contributed by atoms with Gasteiger partial charge >= 0.3 is 0 Å². The van der Waals surface area contributed by atoms with Crippen molar-refractivity contribution in [2.45, 2.75) is 83.1 Å². The normalized spacial score (nSPS) is 12.2. The maximum absolute atomic E-state index is 13.5. The predicted molar refractivity (Wildman–Crippen MR) is 219 cm³/mol. The van der Waals surface area contributed by atoms with Crippen molar-refractivity contribution in [2.24, 2.45) is 21.7 Å². The second kappa shape index (κ2) is 15.2. The molecule has 2 aromatic heterocycles. The summed E-state index contributed by atoms with van der Waals surface area (Å²) in [4.78, 5) is 52.9. The molecule has 0 aliphatic carbocycles. The molecule has 0 saturated carbocycles. The van der Waals surface area contributed by atoms with Gasteiger partial charge in [0.1, 0.15) is 11.4 Å². The van der Waals surface area contributed by atoms with Crippen LogP contribution in [0.15, 0.2) is 73.1 Å². The van der Waals surface area contributed by atoms with Crippen LogP contribution >= 0.6 is 0 Å². The smallest absolute Gasteiger partial charge is 0.229 e. The van der Waals surface area contributed by atoms with Crippen LogP contribution in [-0.2, 0) is 19.2 Å². The largest absolute Gasteiger partial charge is 0.325 e. The van der Waals surface area contributed by atoms with Crippen molar-refractivity contribution in [1.82, 2.24) is 30.0 Å². The number of rotatable bonds is 8. The SMILES string of the molecule is CC(C)(C)C(=O)Nc1cc(NC(=O)C(C)(C)C)c(-c2cn(-c3ccccc3NC(=O)C(C)(C)C)nn2)cc1-c1cn(-c2ccccc2NC(=O)C(C)(C)C)nn1. The summed E-state index contributed by atoms with van der Waals surface area (Å²) in [5.74, 6) is -0.853. The first-order chi connectivity index (χ1) is 25.9. The Morgan fingerprint density at radius 2 is 0.750 bits per heavy atom. The Labute approximate surface area is 327 Å². The molecule has 0 atom stereocenters. The van der Waals surface area contributed by atoms with Crippen molar-refractivity contribution in [3.8, 4) is 33.9 Å². The quantitative estimate of drug-likeness (QED) is 0.123. The Bertz CT molecular complexity index is 2140. The van der Waals surface area contributed by atoms with Crippen LogP contribution in [0.2, 0.25) is 0 Å². The molecule has 4 N–H and O–H groups in total. The van der Waals surface area contributed by atoms with Crippen molar-refractivity contribution in [2.75, 3.05) is 21.3 Å². The van der Waals surface area contributed by atoms with Crippen LogP contribution in [0, 0.1) is 21.7 Å². The van der Waals surface area contributed by atoms with E-state index in [9.17, 15) is 19.2 Å². The van der Waals surface area contributed by atoms with Crippen molar-refractivity contribution < 1.29 is 19.2 Å². The van der Waals surface area contributed by atoms with Crippen LogP contribution in [0.5, 0.6) is 0 Å². The Morgan fingerprint density at radius 1 is 0.446 bits per heavy atom. The van der Waals surface area contributed by atoms with Gasteiger partial charge in [0.2, 0.25) is 23.6 Å². The first-order valence-corrected chi connectivity index (χ1v) is 18.4. The van der Waals surface area contributed by atoms with E-state index >= 15 is 0 Å². The molecule has 4 amide bonds. The summed E-state index contributed by atoms with van der Waals surface area (Å²) in [5.41, 5.74) is 1.98. The third-order valence-electron chi connectivity index (χ3n) is 8.72. The molecule has 0 bridgehead atoms. The maximum Gasteiger partial charge on any atom is 0.229 e. The summed E-state index contributed by atoms with van der Waals surface area (Å²) in [7, 11) is 0. The van der Waals surface area contributed by atoms with Crippen molar-refractivity contribution >= 4 is 46.4 Å². The predicted octanol–water partition coefficient (Wildman–Crippen LogP) is 8.12. The van der Waals surface area contributed by atoms with E-state index in [0.717, 1.165) is 0 Å². The molecule has 0 aliphatic rings. The van der Waals surface area contributed by atoms with Gasteiger partial charge in [0.05, 0.1) is 46.5 Å². The zero-order valence-electron chi connectivity index (χ0n) is 34.2. The van der Waals surface area contributed by atoms with E-state index in [4.69, 9.17) is 0 Å². The van der Waals surface area contributed by atoms with Crippen LogP contribution in [0.3, 0.4) is 0 Å². The molecular formula is C42H52N10O4. The van der Waals surface area contributed by atoms with Crippen LogP contribution in [-0.4, -0.2) is 53.6 Å². The maximum atomic E-state index is 13.5. The van der Waals surface area contributed by atoms with Crippen LogP contribution < -0.4 is 21.3 Å². The Hall–Kier alpha value is -6.18. The van der Waals surface area contributed by atoms with Gasteiger partial charge in [0, 0.05) is 32.8 Å². The van der Waals surface area contributed by atoms with Crippen LogP contribution in [0.4, 0.5) is 22.7 Å². The number of benzene rings is 3. The molecule has 0 aliphatic heterocycles. The van der Waals surface area contributed by atoms with E-state index in [0.29, 0.717) is 56.6 Å². The molecule has 0 spiro atoms. The van der Waals surface area contributed by atoms with Gasteiger partial charge in [-0.15, -0.1) is 10.2 Å². The monoisotopic (exact) mass is 760 g/mol. The Balaban J connectivity index is 1.68. The van der Waals surface area contributed by atoms with Crippen molar-refractivity contribution in [3.05, 3.63) is 73.1 Å². The van der Waals surface area contributed by atoms with Crippen LogP contribution in [0.1, 0.15) is 83.1 Å². The molecule has 56 heavy (non-hydrogen) atoms. The van der Waals surface area contributed by atoms with Gasteiger partial charge < -0.3 is 21.3 Å². The fourth-order valence-electron chi connectivity index (χ4n) is 5.04. The van der Waals surface area contributed by atoms with E-state index in [2.05, 4.69) is 41.9 Å². The van der Waals surface area contributed by atoms with E-state index in [-0.39, 0.29) is 23.6 Å². The van der Waals surface area contributed by atoms with Crippen molar-refractivity contribution in [3.63, 3.8) is 0 Å². The van der Waals surface area contributed by atoms with Gasteiger partial charge in [-0.25, -0.2) is 9.36 Å². The number of aromatic nitrogens is 6. The zero-order valence-corrected chi connectivity index (χ0v) is 34.2. The lowest BCUT2D eigenvalue weighted by atomic mass is 9.94. The second-order valence-electron chi connectivity index (χ2n) is 17.9. The minimum atomic E-state index is -0.759. The summed E-state index contributed by atoms with van der Waals surface area (Å²) in [6, 6.07) is 18.0. The number of carbonyl (C=O) groups is 4. The fourth-order valence-corrected chi connectivity index (χ4v) is 5.04. The molecule has 294 valence electrons. The van der Waals surface area contributed by atoms with Gasteiger partial charge in [-0.05, 0) is 36.4 Å². The number of anilines is 4. The number of nitrogens with one attached hydrogen (secondary N) is 4. The average molecular weight is 761 g/mol. The molecule has 0 fully saturated rings. The van der Waals surface area contributed by atoms with Crippen molar-refractivity contribution in [1.29, 1.82) is 0 Å². The zero-order chi connectivity index (χ0) is 41.4. The number of amides is 4. The highest BCUT2D eigenvalue weighted by molar-refractivity contribution is 6.04. The van der Waals surface area contributed by atoms with Gasteiger partial charge in [0.25, 0.3) is 0 Å². The van der Waals surface area contributed by atoms with E-state index in [1.54, 1.807) is 87.6 Å². The third kappa shape index (κ3) is 9.36. The number of para-hydroxylation sites is 4. The summed E-state index contributed by atoms with van der Waals surface area (Å²) in [5, 5.41) is 30.0. The highest BCUT2D eigenvalue weighted by Crippen LogP contribution is 2.39. The molecule has 5 rings (SSSR count). The Morgan fingerprint density at radius 3 is 1.07 bits per heavy atom. The number of carbonyl (C=O) groups excluding carboxylic acids is 4. The molecule has 14 heteroatoms. The van der Waals surface area contributed by atoms with E-state index in [1.165, 1.54) is 0 Å². The van der Waals surface area contributed by atoms with Crippen LogP contribution in [0.25, 0.3) is 33.9 Å². The molecular weight excluding hydrogens is 709 g/mol. The lowest BCUT2D eigenvalue weighted by Gasteiger charge is -2.23. The lowest BCUT2D eigenvalue weighted by Crippen LogP contribution is -2.29. The molecule has 14 nitrogen and oxygen atoms in total. The molecule has 5 aromatic rings. The summed E-state index contributed by atoms with van der Waals surface area (Å²) in [6.07, 6.45) is 3.40. The number of hydrogen-bond donors (Lipinski definition) is 4. The third-order valence-corrected chi connectivity index (χ3v) is 8.72. The molecule has 0 saturated heterocycles. The highest BCUT2D eigenvalue weighted by Gasteiger charge is 2.29. The minimum absolute atomic E-state index is 0.165. The lowest BCUT2D eigenvalue weighted by molar-refractivity contribution is -0.123. The highest BCUT2D eigenvalue weighted by atomic mass is 16.2. The van der Waals surface area contributed by atoms with Gasteiger partial charge in [0.15, 0.2) is 0 Å². The summed E-state index contributed by atoms with van der Waals surface area (Å²) >= 11 is 0. The molecule has 0 unspecified atom stereocenters. The second-order valence-corrected chi connectivity index (χ2v) is 17.9. The fraction of sp³-hybridized carbons (Fsp3) is 0.381. The summed E-state index contributed by atoms with van der Waals surface area (Å²) < 4.78 is 3.11. The van der Waals surface area contributed by atoms with E-state index < -0.39 is 21.7 Å². The number of nitrogens with zero attached hydrogens (tertiary/aromatic N) is 6. The minimum Gasteiger partial charge on any atom is -0.325 e. The topological polar surface area (TPSA) is 178 Å². The first kappa shape index (κ1) is 41.0. The first-order valence-electron chi connectivity index (χ1n) is 18.4. The molecule has 0 radical (unpaired) electrons. The number of hydrogen-bond acceptors (Lipinski definition) is 8. The Kier molecular flexibility index (Phi) is 11.1. The molecule has 2 heterocycles. The molecule has 3 aromatic carbocycles. The van der Waals surface area contributed by atoms with E-state index in [1.807, 2.05) is 77.9 Å². The van der Waals surface area contributed by atoms with Gasteiger partial charge in [-0.2, -0.15) is 0 Å². The average Bonchev–Trinajstić information content (AvgIpc) is 3.78. The summed E-state index contributed by atoms with van der Waals surface area (Å²) in [6.45, 7) is 21.8.